The van der Waals surface area contributed by atoms with E-state index >= 15 is 0 Å². The molecule has 2 aromatic carbocycles. The molecule has 2 aromatic rings. The fraction of sp³-hybridized carbons (Fsp3) is 0.478. The monoisotopic (exact) mass is 475 g/mol. The number of hydrogen-bond donors (Lipinski definition) is 4. The molecule has 0 bridgehead atoms. The third-order valence-corrected chi connectivity index (χ3v) is 7.62. The van der Waals surface area contributed by atoms with Crippen LogP contribution in [0, 0.1) is 5.92 Å². The summed E-state index contributed by atoms with van der Waals surface area (Å²) in [7, 11) is -3.98. The second-order valence-electron chi connectivity index (χ2n) is 8.49. The molecule has 33 heavy (non-hydrogen) atoms. The highest BCUT2D eigenvalue weighted by Crippen LogP contribution is 2.24. The molecule has 1 unspecified atom stereocenters. The zero-order valence-corrected chi connectivity index (χ0v) is 19.7. The van der Waals surface area contributed by atoms with Gasteiger partial charge >= 0.3 is 0 Å². The van der Waals surface area contributed by atoms with Crippen molar-refractivity contribution in [2.45, 2.75) is 50.0 Å². The van der Waals surface area contributed by atoms with Gasteiger partial charge in [0.25, 0.3) is 0 Å². The molecule has 180 valence electrons. The van der Waals surface area contributed by atoms with Crippen molar-refractivity contribution < 1.29 is 18.3 Å². The van der Waals surface area contributed by atoms with E-state index in [1.807, 2.05) is 0 Å². The molecule has 0 aliphatic carbocycles. The molecule has 1 fully saturated rings. The van der Waals surface area contributed by atoms with Crippen LogP contribution in [-0.2, 0) is 14.8 Å². The van der Waals surface area contributed by atoms with Gasteiger partial charge in [0.05, 0.1) is 4.90 Å². The van der Waals surface area contributed by atoms with Crippen LogP contribution in [0.25, 0.3) is 10.8 Å². The second-order valence-corrected chi connectivity index (χ2v) is 10.2. The molecule has 1 amide bonds. The van der Waals surface area contributed by atoms with Crippen LogP contribution in [0.3, 0.4) is 0 Å². The minimum atomic E-state index is -3.98. The molecule has 1 atom stereocenters. The Balaban J connectivity index is 1.80. The number of piperidine rings is 1. The molecule has 0 radical (unpaired) electrons. The molecule has 3 rings (SSSR count). The van der Waals surface area contributed by atoms with Crippen LogP contribution < -0.4 is 16.2 Å². The Morgan fingerprint density at radius 2 is 1.88 bits per heavy atom. The number of carbonyl (C=O) groups is 1. The van der Waals surface area contributed by atoms with Crippen LogP contribution in [0.1, 0.15) is 39.0 Å². The lowest BCUT2D eigenvalue weighted by Crippen LogP contribution is -2.50. The molecule has 0 spiro atoms. The molecule has 1 aliphatic rings. The van der Waals surface area contributed by atoms with Crippen molar-refractivity contribution in [3.8, 4) is 5.75 Å². The van der Waals surface area contributed by atoms with Crippen LogP contribution in [0.15, 0.2) is 46.3 Å². The van der Waals surface area contributed by atoms with Gasteiger partial charge in [0.1, 0.15) is 11.8 Å². The van der Waals surface area contributed by atoms with Gasteiger partial charge in [-0.25, -0.2) is 8.42 Å². The van der Waals surface area contributed by atoms with E-state index in [1.165, 1.54) is 18.2 Å². The number of aliphatic imine (C=N–C) groups is 1. The number of hydrogen-bond acceptors (Lipinski definition) is 5. The largest absolute Gasteiger partial charge is 0.508 e. The van der Waals surface area contributed by atoms with E-state index in [1.54, 1.807) is 23.1 Å². The highest BCUT2D eigenvalue weighted by molar-refractivity contribution is 7.89. The number of nitrogens with one attached hydrogen (secondary N) is 1. The summed E-state index contributed by atoms with van der Waals surface area (Å²) < 4.78 is 29.0. The van der Waals surface area contributed by atoms with Gasteiger partial charge in [-0.2, -0.15) is 4.72 Å². The molecule has 1 heterocycles. The van der Waals surface area contributed by atoms with Crippen molar-refractivity contribution in [1.29, 1.82) is 0 Å². The molecule has 0 aromatic heterocycles. The summed E-state index contributed by atoms with van der Waals surface area (Å²) in [6.45, 7) is 3.70. The van der Waals surface area contributed by atoms with E-state index in [0.29, 0.717) is 37.4 Å². The lowest BCUT2D eigenvalue weighted by Gasteiger charge is -2.34. The molecular weight excluding hydrogens is 442 g/mol. The molecule has 1 saturated heterocycles. The van der Waals surface area contributed by atoms with Gasteiger partial charge in [0, 0.05) is 19.6 Å². The van der Waals surface area contributed by atoms with Crippen molar-refractivity contribution >= 4 is 32.7 Å². The summed E-state index contributed by atoms with van der Waals surface area (Å²) in [6, 6.07) is 8.51. The predicted molar refractivity (Wildman–Crippen MR) is 129 cm³/mol. The van der Waals surface area contributed by atoms with Crippen molar-refractivity contribution in [3.05, 3.63) is 36.4 Å². The highest BCUT2D eigenvalue weighted by Gasteiger charge is 2.31. The van der Waals surface area contributed by atoms with Crippen molar-refractivity contribution in [3.63, 3.8) is 0 Å². The van der Waals surface area contributed by atoms with Gasteiger partial charge in [0.15, 0.2) is 5.96 Å². The summed E-state index contributed by atoms with van der Waals surface area (Å²) in [5.74, 6) is 0.379. The Morgan fingerprint density at radius 1 is 1.18 bits per heavy atom. The van der Waals surface area contributed by atoms with Gasteiger partial charge < -0.3 is 21.5 Å². The number of sulfonamides is 1. The number of fused-ring (bicyclic) bond motifs is 1. The number of guanidine groups is 1. The average molecular weight is 476 g/mol. The van der Waals surface area contributed by atoms with Crippen LogP contribution in [0.4, 0.5) is 0 Å². The molecule has 10 heteroatoms. The number of nitrogens with two attached hydrogens (primary N) is 2. The van der Waals surface area contributed by atoms with Crippen LogP contribution in [0.2, 0.25) is 0 Å². The number of benzene rings is 2. The Bertz CT molecular complexity index is 1110. The normalized spacial score (nSPS) is 16.0. The molecule has 6 N–H and O–H groups in total. The van der Waals surface area contributed by atoms with E-state index in [-0.39, 0.29) is 28.9 Å². The highest BCUT2D eigenvalue weighted by atomic mass is 32.2. The minimum absolute atomic E-state index is 0.0346. The quantitative estimate of drug-likeness (QED) is 0.247. The van der Waals surface area contributed by atoms with Gasteiger partial charge in [0.2, 0.25) is 15.9 Å². The molecular formula is C23H33N5O4S. The predicted octanol–water partition coefficient (Wildman–Crippen LogP) is 1.89. The number of phenolic OH excluding ortho intramolecular Hbond substituents is 1. The third kappa shape index (κ3) is 6.58. The average Bonchev–Trinajstić information content (AvgIpc) is 2.80. The maximum atomic E-state index is 13.3. The fourth-order valence-corrected chi connectivity index (χ4v) is 5.41. The number of aromatic hydroxyl groups is 1. The number of carbonyl (C=O) groups excluding carboxylic acids is 1. The maximum Gasteiger partial charge on any atom is 0.241 e. The first-order valence-corrected chi connectivity index (χ1v) is 12.8. The second kappa shape index (κ2) is 10.8. The number of phenols is 1. The fourth-order valence-electron chi connectivity index (χ4n) is 4.15. The van der Waals surface area contributed by atoms with Gasteiger partial charge in [-0.3, -0.25) is 9.79 Å². The van der Waals surface area contributed by atoms with Crippen LogP contribution in [0.5, 0.6) is 5.75 Å². The Morgan fingerprint density at radius 3 is 2.55 bits per heavy atom. The third-order valence-electron chi connectivity index (χ3n) is 6.15. The first-order valence-electron chi connectivity index (χ1n) is 11.3. The zero-order valence-electron chi connectivity index (χ0n) is 18.9. The SMILES string of the molecule is CCC1CCN(C(=O)C(CCCN=C(N)N)NS(=O)(=O)c2ccc3ccc(O)cc3c2)CC1. The van der Waals surface area contributed by atoms with Crippen molar-refractivity contribution in [2.24, 2.45) is 22.4 Å². The van der Waals surface area contributed by atoms with E-state index in [9.17, 15) is 18.3 Å². The summed E-state index contributed by atoms with van der Waals surface area (Å²) in [5, 5.41) is 11.1. The minimum Gasteiger partial charge on any atom is -0.508 e. The number of rotatable bonds is 9. The van der Waals surface area contributed by atoms with E-state index in [2.05, 4.69) is 16.6 Å². The molecule has 1 aliphatic heterocycles. The summed E-state index contributed by atoms with van der Waals surface area (Å²) in [5.41, 5.74) is 10.7. The van der Waals surface area contributed by atoms with E-state index in [0.717, 1.165) is 24.6 Å². The van der Waals surface area contributed by atoms with Gasteiger partial charge in [-0.15, -0.1) is 0 Å². The summed E-state index contributed by atoms with van der Waals surface area (Å²) >= 11 is 0. The zero-order chi connectivity index (χ0) is 24.0. The lowest BCUT2D eigenvalue weighted by molar-refractivity contribution is -0.134. The number of amides is 1. The Labute approximate surface area is 194 Å². The first-order chi connectivity index (χ1) is 15.7. The van der Waals surface area contributed by atoms with Crippen molar-refractivity contribution in [2.75, 3.05) is 19.6 Å². The summed E-state index contributed by atoms with van der Waals surface area (Å²) in [4.78, 5) is 19.0. The molecule has 0 saturated carbocycles. The number of likely N-dealkylation sites (tertiary alicyclic amines) is 1. The van der Waals surface area contributed by atoms with Crippen molar-refractivity contribution in [1.82, 2.24) is 9.62 Å². The maximum absolute atomic E-state index is 13.3. The van der Waals surface area contributed by atoms with E-state index in [4.69, 9.17) is 11.5 Å². The Hall–Kier alpha value is -2.85. The van der Waals surface area contributed by atoms with Gasteiger partial charge in [-0.1, -0.05) is 25.5 Å². The smallest absolute Gasteiger partial charge is 0.241 e. The van der Waals surface area contributed by atoms with E-state index < -0.39 is 16.1 Å². The molecule has 9 nitrogen and oxygen atoms in total. The van der Waals surface area contributed by atoms with Crippen LogP contribution >= 0.6 is 0 Å². The topological polar surface area (TPSA) is 151 Å². The van der Waals surface area contributed by atoms with Gasteiger partial charge in [-0.05, 0) is 66.6 Å². The lowest BCUT2D eigenvalue weighted by atomic mass is 9.94. The summed E-state index contributed by atoms with van der Waals surface area (Å²) in [6.07, 6.45) is 3.65. The van der Waals surface area contributed by atoms with Crippen LogP contribution in [-0.4, -0.2) is 56.0 Å². The standard InChI is InChI=1S/C23H33N5O4S/c1-2-16-9-12-28(13-10-16)22(30)21(4-3-11-26-23(24)25)27-33(31,32)20-8-6-17-5-7-19(29)14-18(17)15-20/h5-8,14-16,21,27,29H,2-4,9-13H2,1H3,(H4,24,25,26). The number of nitrogens with zero attached hydrogens (tertiary/aromatic N) is 2. The first kappa shape index (κ1) is 24.8. The Kier molecular flexibility index (Phi) is 8.15.